The number of likely N-dealkylation sites (N-methyl/N-ethyl adjacent to an activating group) is 1. The van der Waals surface area contributed by atoms with Gasteiger partial charge >= 0.3 is 0 Å². The molecule has 0 fully saturated rings. The highest BCUT2D eigenvalue weighted by atomic mass is 15.2. The van der Waals surface area contributed by atoms with Crippen molar-refractivity contribution in [2.24, 2.45) is 11.8 Å². The van der Waals surface area contributed by atoms with E-state index in [0.717, 1.165) is 19.0 Å². The summed E-state index contributed by atoms with van der Waals surface area (Å²) in [5.41, 5.74) is 0. The number of hydrogen-bond acceptors (Lipinski definition) is 2. The Labute approximate surface area is 103 Å². The van der Waals surface area contributed by atoms with Gasteiger partial charge < -0.3 is 5.32 Å². The molecular formula is C14H32N2. The second-order valence-corrected chi connectivity index (χ2v) is 5.79. The highest BCUT2D eigenvalue weighted by Gasteiger charge is 2.21. The molecule has 0 saturated heterocycles. The molecule has 2 atom stereocenters. The summed E-state index contributed by atoms with van der Waals surface area (Å²) < 4.78 is 0. The predicted molar refractivity (Wildman–Crippen MR) is 73.8 cm³/mol. The molecular weight excluding hydrogens is 196 g/mol. The zero-order chi connectivity index (χ0) is 12.7. The Morgan fingerprint density at radius 2 is 1.56 bits per heavy atom. The van der Waals surface area contributed by atoms with Gasteiger partial charge in [-0.2, -0.15) is 0 Å². The second kappa shape index (κ2) is 8.08. The van der Waals surface area contributed by atoms with E-state index in [1.165, 1.54) is 6.42 Å². The Morgan fingerprint density at radius 3 is 1.94 bits per heavy atom. The van der Waals surface area contributed by atoms with Crippen molar-refractivity contribution in [3.63, 3.8) is 0 Å². The van der Waals surface area contributed by atoms with Crippen LogP contribution in [0.25, 0.3) is 0 Å². The Bertz CT molecular complexity index is 166. The summed E-state index contributed by atoms with van der Waals surface area (Å²) >= 11 is 0. The van der Waals surface area contributed by atoms with E-state index in [0.29, 0.717) is 18.0 Å². The first-order valence-electron chi connectivity index (χ1n) is 6.82. The molecule has 2 nitrogen and oxygen atoms in total. The minimum Gasteiger partial charge on any atom is -0.315 e. The molecule has 0 spiro atoms. The van der Waals surface area contributed by atoms with Crippen molar-refractivity contribution in [1.82, 2.24) is 10.2 Å². The summed E-state index contributed by atoms with van der Waals surface area (Å²) in [6, 6.07) is 1.32. The number of nitrogens with zero attached hydrogens (tertiary/aromatic N) is 1. The Morgan fingerprint density at radius 1 is 1.00 bits per heavy atom. The fraction of sp³-hybridized carbons (Fsp3) is 1.00. The van der Waals surface area contributed by atoms with Crippen molar-refractivity contribution < 1.29 is 0 Å². The van der Waals surface area contributed by atoms with Crippen LogP contribution < -0.4 is 5.32 Å². The SMILES string of the molecule is CCC(C)N(C)C(CNCC(C)C)C(C)C. The van der Waals surface area contributed by atoms with Gasteiger partial charge in [0.25, 0.3) is 0 Å². The summed E-state index contributed by atoms with van der Waals surface area (Å²) in [4.78, 5) is 2.53. The maximum absolute atomic E-state index is 3.58. The third-order valence-electron chi connectivity index (χ3n) is 3.48. The van der Waals surface area contributed by atoms with Crippen molar-refractivity contribution in [2.45, 2.75) is 60.0 Å². The van der Waals surface area contributed by atoms with E-state index in [1.807, 2.05) is 0 Å². The van der Waals surface area contributed by atoms with Crippen LogP contribution >= 0.6 is 0 Å². The lowest BCUT2D eigenvalue weighted by Gasteiger charge is -2.35. The van der Waals surface area contributed by atoms with Crippen LogP contribution in [0.2, 0.25) is 0 Å². The van der Waals surface area contributed by atoms with Crippen LogP contribution in [0.4, 0.5) is 0 Å². The largest absolute Gasteiger partial charge is 0.315 e. The number of hydrogen-bond donors (Lipinski definition) is 1. The fourth-order valence-electron chi connectivity index (χ4n) is 1.98. The van der Waals surface area contributed by atoms with Gasteiger partial charge in [0.2, 0.25) is 0 Å². The Kier molecular flexibility index (Phi) is 8.04. The van der Waals surface area contributed by atoms with Crippen molar-refractivity contribution in [3.8, 4) is 0 Å². The van der Waals surface area contributed by atoms with Crippen LogP contribution in [-0.2, 0) is 0 Å². The maximum atomic E-state index is 3.58. The number of rotatable bonds is 8. The van der Waals surface area contributed by atoms with E-state index in [9.17, 15) is 0 Å². The topological polar surface area (TPSA) is 15.3 Å². The third-order valence-corrected chi connectivity index (χ3v) is 3.48. The van der Waals surface area contributed by atoms with Gasteiger partial charge in [-0.25, -0.2) is 0 Å². The molecule has 0 radical (unpaired) electrons. The lowest BCUT2D eigenvalue weighted by Crippen LogP contribution is -2.47. The van der Waals surface area contributed by atoms with Crippen LogP contribution in [0.5, 0.6) is 0 Å². The molecule has 0 aromatic rings. The van der Waals surface area contributed by atoms with Gasteiger partial charge in [-0.3, -0.25) is 4.90 Å². The average molecular weight is 228 g/mol. The first-order chi connectivity index (χ1) is 7.40. The lowest BCUT2D eigenvalue weighted by molar-refractivity contribution is 0.138. The molecule has 16 heavy (non-hydrogen) atoms. The van der Waals surface area contributed by atoms with Gasteiger partial charge in [-0.1, -0.05) is 34.6 Å². The summed E-state index contributed by atoms with van der Waals surface area (Å²) in [6.45, 7) is 16.0. The quantitative estimate of drug-likeness (QED) is 0.687. The molecule has 98 valence electrons. The molecule has 0 saturated carbocycles. The van der Waals surface area contributed by atoms with E-state index in [-0.39, 0.29) is 0 Å². The van der Waals surface area contributed by atoms with E-state index in [2.05, 4.69) is 58.8 Å². The summed E-state index contributed by atoms with van der Waals surface area (Å²) in [5, 5.41) is 3.58. The predicted octanol–water partition coefficient (Wildman–Crippen LogP) is 2.99. The molecule has 0 bridgehead atoms. The smallest absolute Gasteiger partial charge is 0.0243 e. The van der Waals surface area contributed by atoms with Crippen molar-refractivity contribution in [2.75, 3.05) is 20.1 Å². The first kappa shape index (κ1) is 15.9. The molecule has 0 aromatic carbocycles. The molecule has 0 aliphatic heterocycles. The molecule has 2 unspecified atom stereocenters. The Balaban J connectivity index is 4.16. The standard InChI is InChI=1S/C14H32N2/c1-8-13(6)16(7)14(12(4)5)10-15-9-11(2)3/h11-15H,8-10H2,1-7H3. The van der Waals surface area contributed by atoms with Gasteiger partial charge in [0.15, 0.2) is 0 Å². The summed E-state index contributed by atoms with van der Waals surface area (Å²) in [6.07, 6.45) is 1.23. The van der Waals surface area contributed by atoms with E-state index in [4.69, 9.17) is 0 Å². The second-order valence-electron chi connectivity index (χ2n) is 5.79. The zero-order valence-electron chi connectivity index (χ0n) is 12.4. The lowest BCUT2D eigenvalue weighted by atomic mass is 10.0. The highest BCUT2D eigenvalue weighted by molar-refractivity contribution is 4.78. The molecule has 0 amide bonds. The van der Waals surface area contributed by atoms with Gasteiger partial charge in [0, 0.05) is 18.6 Å². The number of nitrogens with one attached hydrogen (secondary N) is 1. The highest BCUT2D eigenvalue weighted by Crippen LogP contribution is 2.13. The minimum atomic E-state index is 0.647. The van der Waals surface area contributed by atoms with Gasteiger partial charge in [-0.15, -0.1) is 0 Å². The van der Waals surface area contributed by atoms with E-state index in [1.54, 1.807) is 0 Å². The molecule has 0 rings (SSSR count). The fourth-order valence-corrected chi connectivity index (χ4v) is 1.98. The molecule has 0 aliphatic rings. The van der Waals surface area contributed by atoms with Crippen LogP contribution in [-0.4, -0.2) is 37.1 Å². The van der Waals surface area contributed by atoms with Gasteiger partial charge in [0.1, 0.15) is 0 Å². The maximum Gasteiger partial charge on any atom is 0.0243 e. The van der Waals surface area contributed by atoms with Crippen LogP contribution in [0.3, 0.4) is 0 Å². The van der Waals surface area contributed by atoms with Gasteiger partial charge in [0.05, 0.1) is 0 Å². The zero-order valence-corrected chi connectivity index (χ0v) is 12.4. The first-order valence-corrected chi connectivity index (χ1v) is 6.82. The van der Waals surface area contributed by atoms with Crippen molar-refractivity contribution in [3.05, 3.63) is 0 Å². The summed E-state index contributed by atoms with van der Waals surface area (Å²) in [7, 11) is 2.26. The monoisotopic (exact) mass is 228 g/mol. The van der Waals surface area contributed by atoms with Crippen LogP contribution in [0, 0.1) is 11.8 Å². The average Bonchev–Trinajstić information content (AvgIpc) is 2.21. The normalized spacial score (nSPS) is 16.1. The van der Waals surface area contributed by atoms with Crippen molar-refractivity contribution in [1.29, 1.82) is 0 Å². The van der Waals surface area contributed by atoms with Crippen LogP contribution in [0.15, 0.2) is 0 Å². The summed E-state index contributed by atoms with van der Waals surface area (Å²) in [5.74, 6) is 1.44. The van der Waals surface area contributed by atoms with E-state index >= 15 is 0 Å². The molecule has 2 heteroatoms. The minimum absolute atomic E-state index is 0.647. The van der Waals surface area contributed by atoms with Crippen molar-refractivity contribution >= 4 is 0 Å². The molecule has 0 aromatic heterocycles. The van der Waals surface area contributed by atoms with Gasteiger partial charge in [-0.05, 0) is 38.8 Å². The third kappa shape index (κ3) is 5.86. The Hall–Kier alpha value is -0.0800. The van der Waals surface area contributed by atoms with E-state index < -0.39 is 0 Å². The molecule has 1 N–H and O–H groups in total. The van der Waals surface area contributed by atoms with Crippen LogP contribution in [0.1, 0.15) is 48.0 Å². The molecule has 0 aliphatic carbocycles. The molecule has 0 heterocycles.